The lowest BCUT2D eigenvalue weighted by molar-refractivity contribution is -0.118. The normalized spacial score (nSPS) is 18.4. The third-order valence-electron chi connectivity index (χ3n) is 6.03. The Morgan fingerprint density at radius 1 is 1.14 bits per heavy atom. The molecule has 29 heavy (non-hydrogen) atoms. The Kier molecular flexibility index (Phi) is 6.16. The number of amides is 1. The third kappa shape index (κ3) is 4.46. The predicted octanol–water partition coefficient (Wildman–Crippen LogP) is 4.29. The molecule has 154 valence electrons. The van der Waals surface area contributed by atoms with E-state index in [0.29, 0.717) is 18.9 Å². The second-order valence-electron chi connectivity index (χ2n) is 7.88. The van der Waals surface area contributed by atoms with Crippen LogP contribution in [-0.4, -0.2) is 33.3 Å². The van der Waals surface area contributed by atoms with Gasteiger partial charge in [0, 0.05) is 39.5 Å². The molecule has 1 atom stereocenters. The number of methoxy groups -OCH3 is 1. The third-order valence-corrected chi connectivity index (χ3v) is 6.03. The average molecular weight is 395 g/mol. The van der Waals surface area contributed by atoms with Gasteiger partial charge in [0.15, 0.2) is 0 Å². The Hall–Kier alpha value is -2.37. The molecular formula is C24H29NO4. The van der Waals surface area contributed by atoms with Crippen LogP contribution < -0.4 is 9.64 Å². The van der Waals surface area contributed by atoms with Crippen molar-refractivity contribution in [2.45, 2.75) is 38.4 Å². The van der Waals surface area contributed by atoms with Crippen LogP contribution in [0.1, 0.15) is 42.1 Å². The Morgan fingerprint density at radius 2 is 1.97 bits per heavy atom. The van der Waals surface area contributed by atoms with Crippen LogP contribution in [0.2, 0.25) is 0 Å². The highest BCUT2D eigenvalue weighted by Gasteiger charge is 2.25. The smallest absolute Gasteiger partial charge is 0.227 e. The topological polar surface area (TPSA) is 48.0 Å². The summed E-state index contributed by atoms with van der Waals surface area (Å²) in [5.74, 6) is 1.50. The lowest BCUT2D eigenvalue weighted by Crippen LogP contribution is -2.31. The van der Waals surface area contributed by atoms with Crippen molar-refractivity contribution in [3.05, 3.63) is 59.2 Å². The molecule has 2 aromatic carbocycles. The summed E-state index contributed by atoms with van der Waals surface area (Å²) in [4.78, 5) is 13.6. The number of nitrogens with zero attached hydrogens (tertiary/aromatic N) is 1. The number of hydrogen-bond donors (Lipinski definition) is 0. The van der Waals surface area contributed by atoms with Gasteiger partial charge in [-0.2, -0.15) is 0 Å². The molecule has 0 spiro atoms. The van der Waals surface area contributed by atoms with Crippen LogP contribution >= 0.6 is 0 Å². The van der Waals surface area contributed by atoms with Crippen molar-refractivity contribution in [3.8, 4) is 5.75 Å². The van der Waals surface area contributed by atoms with Crippen molar-refractivity contribution in [2.24, 2.45) is 5.92 Å². The maximum Gasteiger partial charge on any atom is 0.227 e. The highest BCUT2D eigenvalue weighted by atomic mass is 16.5. The molecule has 2 aliphatic rings. The minimum atomic E-state index is 0.0688. The molecule has 0 saturated carbocycles. The molecule has 0 N–H and O–H groups in total. The van der Waals surface area contributed by atoms with Crippen molar-refractivity contribution >= 4 is 11.6 Å². The van der Waals surface area contributed by atoms with E-state index in [0.717, 1.165) is 55.0 Å². The molecule has 0 aliphatic carbocycles. The van der Waals surface area contributed by atoms with Crippen LogP contribution in [0.3, 0.4) is 0 Å². The van der Waals surface area contributed by atoms with Crippen molar-refractivity contribution in [1.29, 1.82) is 0 Å². The summed E-state index contributed by atoms with van der Waals surface area (Å²) < 4.78 is 17.4. The number of benzene rings is 2. The minimum absolute atomic E-state index is 0.0688. The summed E-state index contributed by atoms with van der Waals surface area (Å²) in [5.41, 5.74) is 4.49. The quantitative estimate of drug-likeness (QED) is 0.732. The van der Waals surface area contributed by atoms with E-state index in [4.69, 9.17) is 14.2 Å². The first-order chi connectivity index (χ1) is 14.2. The first kappa shape index (κ1) is 19.9. The SMILES string of the molecule is COC(c1cccc(OCc2ccc3c(c2)CCC(=O)N3C)c1)C1CCOCC1. The molecule has 0 bridgehead atoms. The predicted molar refractivity (Wildman–Crippen MR) is 112 cm³/mol. The summed E-state index contributed by atoms with van der Waals surface area (Å²) in [6, 6.07) is 14.4. The van der Waals surface area contributed by atoms with E-state index < -0.39 is 0 Å². The zero-order valence-electron chi connectivity index (χ0n) is 17.2. The van der Waals surface area contributed by atoms with Gasteiger partial charge < -0.3 is 19.1 Å². The molecule has 1 amide bonds. The highest BCUT2D eigenvalue weighted by molar-refractivity contribution is 5.95. The van der Waals surface area contributed by atoms with Crippen LogP contribution in [-0.2, 0) is 27.3 Å². The van der Waals surface area contributed by atoms with Gasteiger partial charge in [0.25, 0.3) is 0 Å². The van der Waals surface area contributed by atoms with Crippen molar-refractivity contribution in [2.75, 3.05) is 32.3 Å². The van der Waals surface area contributed by atoms with Gasteiger partial charge in [-0.3, -0.25) is 4.79 Å². The summed E-state index contributed by atoms with van der Waals surface area (Å²) in [7, 11) is 3.62. The molecule has 1 saturated heterocycles. The van der Waals surface area contributed by atoms with Gasteiger partial charge in [-0.05, 0) is 60.1 Å². The summed E-state index contributed by atoms with van der Waals surface area (Å²) in [5, 5.41) is 0. The van der Waals surface area contributed by atoms with Crippen LogP contribution in [0.5, 0.6) is 5.75 Å². The van der Waals surface area contributed by atoms with E-state index >= 15 is 0 Å². The molecule has 1 fully saturated rings. The maximum atomic E-state index is 11.9. The van der Waals surface area contributed by atoms with Gasteiger partial charge in [-0.25, -0.2) is 0 Å². The van der Waals surface area contributed by atoms with Crippen LogP contribution in [0.15, 0.2) is 42.5 Å². The molecule has 1 unspecified atom stereocenters. The first-order valence-electron chi connectivity index (χ1n) is 10.4. The zero-order chi connectivity index (χ0) is 20.2. The molecule has 2 aliphatic heterocycles. The molecule has 0 radical (unpaired) electrons. The van der Waals surface area contributed by atoms with Gasteiger partial charge in [-0.15, -0.1) is 0 Å². The number of carbonyl (C=O) groups excluding carboxylic acids is 1. The zero-order valence-corrected chi connectivity index (χ0v) is 17.2. The summed E-state index contributed by atoms with van der Waals surface area (Å²) in [6.45, 7) is 2.11. The van der Waals surface area contributed by atoms with Crippen molar-refractivity contribution < 1.29 is 19.0 Å². The lowest BCUT2D eigenvalue weighted by atomic mass is 9.89. The Balaban J connectivity index is 1.44. The van der Waals surface area contributed by atoms with Gasteiger partial charge >= 0.3 is 0 Å². The summed E-state index contributed by atoms with van der Waals surface area (Å²) >= 11 is 0. The summed E-state index contributed by atoms with van der Waals surface area (Å²) in [6.07, 6.45) is 3.48. The largest absolute Gasteiger partial charge is 0.489 e. The number of hydrogen-bond acceptors (Lipinski definition) is 4. The van der Waals surface area contributed by atoms with E-state index in [1.165, 1.54) is 5.56 Å². The number of fused-ring (bicyclic) bond motifs is 1. The van der Waals surface area contributed by atoms with E-state index in [1.807, 2.05) is 31.3 Å². The molecule has 0 aromatic heterocycles. The Morgan fingerprint density at radius 3 is 2.76 bits per heavy atom. The number of aryl methyl sites for hydroxylation is 1. The highest BCUT2D eigenvalue weighted by Crippen LogP contribution is 2.34. The fourth-order valence-corrected chi connectivity index (χ4v) is 4.37. The standard InChI is InChI=1S/C24H29NO4/c1-25-22-8-6-17(14-19(22)7-9-23(25)26)16-29-21-5-3-4-20(15-21)24(27-2)18-10-12-28-13-11-18/h3-6,8,14-15,18,24H,7,9-13,16H2,1-2H3. The fraction of sp³-hybridized carbons (Fsp3) is 0.458. The lowest BCUT2D eigenvalue weighted by Gasteiger charge is -2.29. The van der Waals surface area contributed by atoms with Crippen molar-refractivity contribution in [1.82, 2.24) is 0 Å². The number of ether oxygens (including phenoxy) is 3. The molecule has 5 nitrogen and oxygen atoms in total. The Bertz CT molecular complexity index is 860. The van der Waals surface area contributed by atoms with E-state index in [1.54, 1.807) is 12.0 Å². The second kappa shape index (κ2) is 8.97. The van der Waals surface area contributed by atoms with Crippen LogP contribution in [0.25, 0.3) is 0 Å². The number of anilines is 1. The van der Waals surface area contributed by atoms with Crippen molar-refractivity contribution in [3.63, 3.8) is 0 Å². The van der Waals surface area contributed by atoms with Gasteiger partial charge in [-0.1, -0.05) is 24.3 Å². The molecule has 5 heteroatoms. The van der Waals surface area contributed by atoms with Gasteiger partial charge in [0.05, 0.1) is 6.10 Å². The van der Waals surface area contributed by atoms with Gasteiger partial charge in [0.2, 0.25) is 5.91 Å². The average Bonchev–Trinajstić information content (AvgIpc) is 2.76. The van der Waals surface area contributed by atoms with E-state index in [-0.39, 0.29) is 12.0 Å². The molecular weight excluding hydrogens is 366 g/mol. The second-order valence-corrected chi connectivity index (χ2v) is 7.88. The van der Waals surface area contributed by atoms with E-state index in [2.05, 4.69) is 18.2 Å². The van der Waals surface area contributed by atoms with Gasteiger partial charge in [0.1, 0.15) is 12.4 Å². The molecule has 2 heterocycles. The van der Waals surface area contributed by atoms with Crippen LogP contribution in [0.4, 0.5) is 5.69 Å². The minimum Gasteiger partial charge on any atom is -0.489 e. The fourth-order valence-electron chi connectivity index (χ4n) is 4.37. The monoisotopic (exact) mass is 395 g/mol. The van der Waals surface area contributed by atoms with Crippen LogP contribution in [0, 0.1) is 5.92 Å². The van der Waals surface area contributed by atoms with E-state index in [9.17, 15) is 4.79 Å². The Labute approximate surface area is 172 Å². The molecule has 2 aromatic rings. The number of carbonyl (C=O) groups is 1. The molecule has 4 rings (SSSR count). The maximum absolute atomic E-state index is 11.9. The number of rotatable bonds is 6. The first-order valence-corrected chi connectivity index (χ1v) is 10.4.